The Kier molecular flexibility index (Phi) is 9.92. The molecule has 0 bridgehead atoms. The van der Waals surface area contributed by atoms with Crippen molar-refractivity contribution < 1.29 is 18.6 Å². The third-order valence-corrected chi connectivity index (χ3v) is 3.49. The molecule has 1 N–H and O–H groups in total. The maximum absolute atomic E-state index is 13.8. The summed E-state index contributed by atoms with van der Waals surface area (Å²) in [5.74, 6) is 1.04. The van der Waals surface area contributed by atoms with E-state index in [0.717, 1.165) is 12.1 Å². The van der Waals surface area contributed by atoms with E-state index >= 15 is 0 Å². The predicted molar refractivity (Wildman–Crippen MR) is 99.2 cm³/mol. The van der Waals surface area contributed by atoms with Crippen LogP contribution in [0.3, 0.4) is 0 Å². The lowest BCUT2D eigenvalue weighted by Gasteiger charge is -2.16. The molecule has 0 unspecified atom stereocenters. The number of hydrogen-bond acceptors (Lipinski definition) is 4. The lowest BCUT2D eigenvalue weighted by molar-refractivity contribution is 0.199. The molecule has 0 aliphatic rings. The van der Waals surface area contributed by atoms with E-state index in [1.165, 1.54) is 6.07 Å². The molecule has 2 rings (SSSR count). The third-order valence-electron chi connectivity index (χ3n) is 3.49. The van der Waals surface area contributed by atoms with Crippen LogP contribution in [0.15, 0.2) is 42.5 Å². The molecule has 0 aromatic heterocycles. The monoisotopic (exact) mass is 369 g/mol. The summed E-state index contributed by atoms with van der Waals surface area (Å²) in [6.45, 7) is 4.61. The molecular weight excluding hydrogens is 345 g/mol. The summed E-state index contributed by atoms with van der Waals surface area (Å²) in [6, 6.07) is 12.4. The summed E-state index contributed by atoms with van der Waals surface area (Å²) in [7, 11) is 1.67. The number of halogens is 2. The molecule has 0 atom stereocenters. The first-order valence-electron chi connectivity index (χ1n) is 8.06. The number of methoxy groups -OCH3 is 1. The van der Waals surface area contributed by atoms with Crippen LogP contribution in [0.2, 0.25) is 0 Å². The van der Waals surface area contributed by atoms with Crippen LogP contribution in [0.1, 0.15) is 18.1 Å². The van der Waals surface area contributed by atoms with E-state index in [1.807, 2.05) is 25.1 Å². The van der Waals surface area contributed by atoms with Gasteiger partial charge in [0.25, 0.3) is 0 Å². The van der Waals surface area contributed by atoms with Crippen LogP contribution in [0, 0.1) is 5.82 Å². The zero-order chi connectivity index (χ0) is 17.2. The second-order valence-electron chi connectivity index (χ2n) is 5.23. The number of ether oxygens (including phenoxy) is 3. The van der Waals surface area contributed by atoms with Crippen LogP contribution < -0.4 is 14.8 Å². The highest BCUT2D eigenvalue weighted by Gasteiger charge is 2.12. The average Bonchev–Trinajstić information content (AvgIpc) is 2.59. The van der Waals surface area contributed by atoms with E-state index in [2.05, 4.69) is 5.32 Å². The molecule has 2 aromatic rings. The van der Waals surface area contributed by atoms with Crippen molar-refractivity contribution in [2.45, 2.75) is 20.1 Å². The molecule has 0 saturated carbocycles. The summed E-state index contributed by atoms with van der Waals surface area (Å²) >= 11 is 0. The van der Waals surface area contributed by atoms with Crippen molar-refractivity contribution in [1.82, 2.24) is 5.32 Å². The van der Waals surface area contributed by atoms with Gasteiger partial charge in [-0.15, -0.1) is 12.4 Å². The van der Waals surface area contributed by atoms with Crippen LogP contribution in [0.5, 0.6) is 11.5 Å². The maximum atomic E-state index is 13.8. The Labute approximate surface area is 154 Å². The van der Waals surface area contributed by atoms with E-state index < -0.39 is 0 Å². The van der Waals surface area contributed by atoms with Gasteiger partial charge in [-0.3, -0.25) is 0 Å². The highest BCUT2D eigenvalue weighted by molar-refractivity contribution is 5.85. The van der Waals surface area contributed by atoms with E-state index in [-0.39, 0.29) is 24.8 Å². The van der Waals surface area contributed by atoms with Crippen LogP contribution in [0.4, 0.5) is 4.39 Å². The Morgan fingerprint density at radius 3 is 2.48 bits per heavy atom. The third kappa shape index (κ3) is 6.53. The predicted octanol–water partition coefficient (Wildman–Crippen LogP) is 3.96. The van der Waals surface area contributed by atoms with Gasteiger partial charge in [0.2, 0.25) is 0 Å². The number of hydrogen-bond donors (Lipinski definition) is 1. The Balaban J connectivity index is 0.00000312. The average molecular weight is 370 g/mol. The molecule has 6 heteroatoms. The Morgan fingerprint density at radius 1 is 1.00 bits per heavy atom. The van der Waals surface area contributed by atoms with Gasteiger partial charge in [0.1, 0.15) is 12.4 Å². The van der Waals surface area contributed by atoms with Crippen molar-refractivity contribution in [1.29, 1.82) is 0 Å². The Bertz CT molecular complexity index is 640. The number of benzene rings is 2. The van der Waals surface area contributed by atoms with Crippen LogP contribution >= 0.6 is 12.4 Å². The first-order valence-corrected chi connectivity index (χ1v) is 8.06. The van der Waals surface area contributed by atoms with Crippen LogP contribution in [-0.4, -0.2) is 26.9 Å². The van der Waals surface area contributed by atoms with Crippen molar-refractivity contribution in [3.8, 4) is 11.5 Å². The molecular formula is C19H25ClFNO3. The minimum absolute atomic E-state index is 0. The number of para-hydroxylation sites is 1. The summed E-state index contributed by atoms with van der Waals surface area (Å²) in [4.78, 5) is 0. The minimum Gasteiger partial charge on any atom is -0.490 e. The molecule has 0 aliphatic carbocycles. The Hall–Kier alpha value is -1.82. The van der Waals surface area contributed by atoms with E-state index in [9.17, 15) is 4.39 Å². The normalized spacial score (nSPS) is 10.2. The molecule has 0 spiro atoms. The molecule has 25 heavy (non-hydrogen) atoms. The minimum atomic E-state index is -0.272. The van der Waals surface area contributed by atoms with E-state index in [0.29, 0.717) is 36.8 Å². The highest BCUT2D eigenvalue weighted by Crippen LogP contribution is 2.32. The molecule has 0 aliphatic heterocycles. The van der Waals surface area contributed by atoms with Gasteiger partial charge in [0.15, 0.2) is 11.5 Å². The zero-order valence-corrected chi connectivity index (χ0v) is 15.4. The van der Waals surface area contributed by atoms with Gasteiger partial charge in [0.05, 0.1) is 13.2 Å². The van der Waals surface area contributed by atoms with E-state index in [4.69, 9.17) is 14.2 Å². The fraction of sp³-hybridized carbons (Fsp3) is 0.368. The fourth-order valence-electron chi connectivity index (χ4n) is 2.30. The molecule has 0 heterocycles. The molecule has 0 fully saturated rings. The molecule has 0 radical (unpaired) electrons. The molecule has 0 amide bonds. The summed E-state index contributed by atoms with van der Waals surface area (Å²) in [6.07, 6.45) is 0. The van der Waals surface area contributed by atoms with Crippen molar-refractivity contribution in [2.75, 3.05) is 26.9 Å². The maximum Gasteiger partial charge on any atom is 0.166 e. The van der Waals surface area contributed by atoms with Crippen molar-refractivity contribution in [2.24, 2.45) is 0 Å². The van der Waals surface area contributed by atoms with Gasteiger partial charge < -0.3 is 19.5 Å². The van der Waals surface area contributed by atoms with Gasteiger partial charge in [0, 0.05) is 31.3 Å². The van der Waals surface area contributed by atoms with Gasteiger partial charge in [-0.05, 0) is 19.1 Å². The number of nitrogens with one attached hydrogen (secondary N) is 1. The smallest absolute Gasteiger partial charge is 0.166 e. The SMILES string of the molecule is CCOc1cccc(CNCCOC)c1OCc1ccccc1F.Cl. The van der Waals surface area contributed by atoms with Gasteiger partial charge >= 0.3 is 0 Å². The first kappa shape index (κ1) is 21.2. The topological polar surface area (TPSA) is 39.7 Å². The molecule has 0 saturated heterocycles. The largest absolute Gasteiger partial charge is 0.490 e. The van der Waals surface area contributed by atoms with E-state index in [1.54, 1.807) is 25.3 Å². The summed E-state index contributed by atoms with van der Waals surface area (Å²) < 4.78 is 30.4. The lowest BCUT2D eigenvalue weighted by Crippen LogP contribution is -2.19. The zero-order valence-electron chi connectivity index (χ0n) is 14.6. The standard InChI is InChI=1S/C19H24FNO3.ClH/c1-3-23-18-10-6-8-15(13-21-11-12-22-2)19(18)24-14-16-7-4-5-9-17(16)20;/h4-10,21H,3,11-14H2,1-2H3;1H. The van der Waals surface area contributed by atoms with Gasteiger partial charge in [-0.2, -0.15) is 0 Å². The Morgan fingerprint density at radius 2 is 1.76 bits per heavy atom. The molecule has 2 aromatic carbocycles. The van der Waals surface area contributed by atoms with Gasteiger partial charge in [-0.25, -0.2) is 4.39 Å². The molecule has 138 valence electrons. The first-order chi connectivity index (χ1) is 11.8. The fourth-order valence-corrected chi connectivity index (χ4v) is 2.30. The van der Waals surface area contributed by atoms with Crippen molar-refractivity contribution in [3.05, 3.63) is 59.4 Å². The quantitative estimate of drug-likeness (QED) is 0.643. The highest BCUT2D eigenvalue weighted by atomic mass is 35.5. The van der Waals surface area contributed by atoms with Crippen LogP contribution in [0.25, 0.3) is 0 Å². The number of rotatable bonds is 10. The second kappa shape index (κ2) is 11.7. The van der Waals surface area contributed by atoms with Gasteiger partial charge in [-0.1, -0.05) is 30.3 Å². The second-order valence-corrected chi connectivity index (χ2v) is 5.23. The summed E-state index contributed by atoms with van der Waals surface area (Å²) in [5.41, 5.74) is 1.48. The van der Waals surface area contributed by atoms with Crippen molar-refractivity contribution >= 4 is 12.4 Å². The lowest BCUT2D eigenvalue weighted by atomic mass is 10.1. The molecule has 4 nitrogen and oxygen atoms in total. The van der Waals surface area contributed by atoms with Crippen LogP contribution in [-0.2, 0) is 17.9 Å². The summed E-state index contributed by atoms with van der Waals surface area (Å²) in [5, 5.41) is 3.29. The van der Waals surface area contributed by atoms with Crippen molar-refractivity contribution in [3.63, 3.8) is 0 Å².